The molecule has 4 fully saturated rings. The fraction of sp³-hybridized carbons (Fsp3) is 0.633. The molecule has 59 heavy (non-hydrogen) atoms. The molecule has 4 saturated carbocycles. The lowest BCUT2D eigenvalue weighted by Gasteiger charge is -2.39. The van der Waals surface area contributed by atoms with E-state index in [0.29, 0.717) is 42.7 Å². The Bertz CT molecular complexity index is 1750. The van der Waals surface area contributed by atoms with Gasteiger partial charge in [0.15, 0.2) is 34.9 Å². The molecule has 0 aromatic heterocycles. The van der Waals surface area contributed by atoms with Gasteiger partial charge in [-0.05, 0) is 148 Å². The Balaban J connectivity index is 0.000000199. The van der Waals surface area contributed by atoms with E-state index in [2.05, 4.69) is 18.6 Å². The molecule has 3 aromatic carbocycles. The van der Waals surface area contributed by atoms with E-state index >= 15 is 0 Å². The summed E-state index contributed by atoms with van der Waals surface area (Å²) in [6.07, 6.45) is 18.7. The van der Waals surface area contributed by atoms with Crippen LogP contribution in [0, 0.1) is 82.1 Å². The van der Waals surface area contributed by atoms with Crippen LogP contribution in [0.5, 0.6) is 5.75 Å². The van der Waals surface area contributed by atoms with Gasteiger partial charge in [0.1, 0.15) is 11.6 Å². The monoisotopic (exact) mass is 836 g/mol. The maximum absolute atomic E-state index is 14.8. The summed E-state index contributed by atoms with van der Waals surface area (Å²) in [7, 11) is 0. The minimum Gasteiger partial charge on any atom is -0.432 e. The highest BCUT2D eigenvalue weighted by molar-refractivity contribution is 5.65. The molecule has 0 spiro atoms. The predicted molar refractivity (Wildman–Crippen MR) is 214 cm³/mol. The van der Waals surface area contributed by atoms with Crippen molar-refractivity contribution in [2.75, 3.05) is 0 Å². The Morgan fingerprint density at radius 1 is 0.492 bits per heavy atom. The molecule has 4 aliphatic carbocycles. The highest BCUT2D eigenvalue weighted by Gasteiger charge is 2.45. The maximum Gasteiger partial charge on any atom is 0.400 e. The van der Waals surface area contributed by atoms with Gasteiger partial charge in [-0.3, -0.25) is 0 Å². The number of rotatable bonds is 11. The first-order valence-electron chi connectivity index (χ1n) is 22.4. The quantitative estimate of drug-likeness (QED) is 0.138. The van der Waals surface area contributed by atoms with Crippen LogP contribution in [-0.2, 0) is 0 Å². The van der Waals surface area contributed by atoms with Crippen molar-refractivity contribution in [1.29, 1.82) is 0 Å². The van der Waals surface area contributed by atoms with Crippen molar-refractivity contribution in [2.45, 2.75) is 154 Å². The van der Waals surface area contributed by atoms with Crippen LogP contribution in [0.15, 0.2) is 42.5 Å². The molecular weight excluding hydrogens is 776 g/mol. The molecule has 326 valence electrons. The van der Waals surface area contributed by atoms with Crippen LogP contribution >= 0.6 is 0 Å². The number of alkyl halides is 2. The summed E-state index contributed by atoms with van der Waals surface area (Å²) in [5, 5.41) is 0. The summed E-state index contributed by atoms with van der Waals surface area (Å²) in [6.45, 7) is 4.49. The van der Waals surface area contributed by atoms with E-state index in [9.17, 15) is 39.5 Å². The molecule has 3 aromatic rings. The van der Waals surface area contributed by atoms with Crippen molar-refractivity contribution in [3.8, 4) is 16.9 Å². The average Bonchev–Trinajstić information content (AvgIpc) is 3.23. The van der Waals surface area contributed by atoms with Crippen LogP contribution in [0.2, 0.25) is 0 Å². The van der Waals surface area contributed by atoms with Crippen LogP contribution in [0.1, 0.15) is 154 Å². The standard InChI is InChI=1S/C27H32F4.C22H29F5O/c1-2-3-17-4-6-18(7-5-17)19-8-10-20(11-9-19)21-12-13-23(24(28)14-21)22-15-25(29)27(31)26(30)16-22;1-2-3-14-4-6-15(7-5-14)16-8-10-17(11-9-16)22(26,27)28-18-12-19(23)21(25)20(24)13-18/h12-20H,2-11H2,1H3;12-17H,2-11H2,1H3. The van der Waals surface area contributed by atoms with E-state index in [0.717, 1.165) is 67.1 Å². The van der Waals surface area contributed by atoms with Crippen LogP contribution in [-0.4, -0.2) is 6.11 Å². The summed E-state index contributed by atoms with van der Waals surface area (Å²) >= 11 is 0. The van der Waals surface area contributed by atoms with Crippen molar-refractivity contribution < 1.29 is 44.3 Å². The number of benzene rings is 3. The summed E-state index contributed by atoms with van der Waals surface area (Å²) in [5.74, 6) is -6.23. The molecule has 0 bridgehead atoms. The second-order valence-electron chi connectivity index (χ2n) is 18.2. The van der Waals surface area contributed by atoms with Crippen LogP contribution < -0.4 is 4.74 Å². The van der Waals surface area contributed by atoms with E-state index in [1.54, 1.807) is 6.07 Å². The summed E-state index contributed by atoms with van der Waals surface area (Å²) in [4.78, 5) is 0. The zero-order valence-corrected chi connectivity index (χ0v) is 34.6. The number of halogens is 9. The third kappa shape index (κ3) is 11.6. The second-order valence-corrected chi connectivity index (χ2v) is 18.2. The zero-order valence-electron chi connectivity index (χ0n) is 34.6. The molecule has 0 atom stereocenters. The molecule has 1 nitrogen and oxygen atoms in total. The molecule has 0 aliphatic heterocycles. The first-order valence-corrected chi connectivity index (χ1v) is 22.4. The fourth-order valence-electron chi connectivity index (χ4n) is 11.1. The van der Waals surface area contributed by atoms with Crippen LogP contribution in [0.3, 0.4) is 0 Å². The maximum atomic E-state index is 14.8. The van der Waals surface area contributed by atoms with E-state index in [-0.39, 0.29) is 11.1 Å². The SMILES string of the molecule is CCCC1CCC(C2CCC(C(F)(F)Oc3cc(F)c(F)c(F)c3)CC2)CC1.CCCC1CCC(C2CCC(c3ccc(-c4cc(F)c(F)c(F)c4)c(F)c3)CC2)CC1. The number of hydrogen-bond acceptors (Lipinski definition) is 1. The third-order valence-electron chi connectivity index (χ3n) is 14.5. The highest BCUT2D eigenvalue weighted by atomic mass is 19.3. The van der Waals surface area contributed by atoms with Gasteiger partial charge in [0, 0.05) is 17.7 Å². The Kier molecular flexibility index (Phi) is 15.8. The van der Waals surface area contributed by atoms with Gasteiger partial charge in [-0.25, -0.2) is 30.7 Å². The largest absolute Gasteiger partial charge is 0.432 e. The van der Waals surface area contributed by atoms with Gasteiger partial charge in [-0.2, -0.15) is 8.78 Å². The number of ether oxygens (including phenoxy) is 1. The lowest BCUT2D eigenvalue weighted by molar-refractivity contribution is -0.224. The van der Waals surface area contributed by atoms with Crippen molar-refractivity contribution in [3.63, 3.8) is 0 Å². The fourth-order valence-corrected chi connectivity index (χ4v) is 11.1. The van der Waals surface area contributed by atoms with Crippen LogP contribution in [0.25, 0.3) is 11.1 Å². The summed E-state index contributed by atoms with van der Waals surface area (Å²) < 4.78 is 128. The smallest absolute Gasteiger partial charge is 0.400 e. The van der Waals surface area contributed by atoms with E-state index < -0.39 is 58.5 Å². The molecular formula is C49H61F9O. The molecule has 0 radical (unpaired) electrons. The molecule has 0 unspecified atom stereocenters. The van der Waals surface area contributed by atoms with Gasteiger partial charge < -0.3 is 4.74 Å². The minimum atomic E-state index is -3.53. The second kappa shape index (κ2) is 20.6. The van der Waals surface area contributed by atoms with E-state index in [1.807, 2.05) is 6.07 Å². The number of hydrogen-bond donors (Lipinski definition) is 0. The van der Waals surface area contributed by atoms with Gasteiger partial charge in [0.25, 0.3) is 0 Å². The third-order valence-corrected chi connectivity index (χ3v) is 14.5. The zero-order chi connectivity index (χ0) is 42.3. The first-order chi connectivity index (χ1) is 28.3. The first kappa shape index (κ1) is 45.4. The Hall–Kier alpha value is -3.17. The summed E-state index contributed by atoms with van der Waals surface area (Å²) in [5.41, 5.74) is 1.07. The predicted octanol–water partition coefficient (Wildman–Crippen LogP) is 16.3. The van der Waals surface area contributed by atoms with Crippen molar-refractivity contribution in [2.24, 2.45) is 41.4 Å². The van der Waals surface area contributed by atoms with Crippen molar-refractivity contribution >= 4 is 0 Å². The Morgan fingerprint density at radius 2 is 0.898 bits per heavy atom. The van der Waals surface area contributed by atoms with Crippen LogP contribution in [0.4, 0.5) is 39.5 Å². The Labute approximate surface area is 344 Å². The van der Waals surface area contributed by atoms with E-state index in [4.69, 9.17) is 0 Å². The molecule has 0 amide bonds. The highest BCUT2D eigenvalue weighted by Crippen LogP contribution is 2.47. The molecule has 10 heteroatoms. The van der Waals surface area contributed by atoms with Crippen molar-refractivity contribution in [3.05, 3.63) is 88.7 Å². The molecule has 0 N–H and O–H groups in total. The van der Waals surface area contributed by atoms with Gasteiger partial charge in [-0.15, -0.1) is 0 Å². The van der Waals surface area contributed by atoms with Gasteiger partial charge in [0.2, 0.25) is 0 Å². The molecule has 0 saturated heterocycles. The normalized spacial score (nSPS) is 27.8. The topological polar surface area (TPSA) is 9.23 Å². The van der Waals surface area contributed by atoms with Crippen molar-refractivity contribution in [1.82, 2.24) is 0 Å². The van der Waals surface area contributed by atoms with Gasteiger partial charge >= 0.3 is 6.11 Å². The Morgan fingerprint density at radius 3 is 1.32 bits per heavy atom. The molecule has 4 aliphatic rings. The van der Waals surface area contributed by atoms with E-state index in [1.165, 1.54) is 96.0 Å². The minimum absolute atomic E-state index is 0.0165. The van der Waals surface area contributed by atoms with Gasteiger partial charge in [0.05, 0.1) is 5.92 Å². The van der Waals surface area contributed by atoms with Gasteiger partial charge in [-0.1, -0.05) is 77.3 Å². The summed E-state index contributed by atoms with van der Waals surface area (Å²) in [6, 6.07) is 7.54. The molecule has 0 heterocycles. The lowest BCUT2D eigenvalue weighted by atomic mass is 9.68. The molecule has 7 rings (SSSR count). The lowest BCUT2D eigenvalue weighted by Crippen LogP contribution is -2.38. The average molecular weight is 837 g/mol.